The van der Waals surface area contributed by atoms with Crippen molar-refractivity contribution in [2.75, 3.05) is 17.1 Å². The van der Waals surface area contributed by atoms with E-state index in [1.54, 1.807) is 31.2 Å². The monoisotopic (exact) mass is 459 g/mol. The van der Waals surface area contributed by atoms with Gasteiger partial charge in [0.1, 0.15) is 12.6 Å². The van der Waals surface area contributed by atoms with Gasteiger partial charge < -0.3 is 10.2 Å². The Morgan fingerprint density at radius 3 is 2.09 bits per heavy atom. The molecule has 0 aromatic heterocycles. The molecule has 2 rings (SSSR count). The first-order chi connectivity index (χ1) is 14.9. The average molecular weight is 460 g/mol. The first-order valence-electron chi connectivity index (χ1n) is 10.6. The minimum atomic E-state index is -3.72. The number of nitrogens with one attached hydrogen (secondary N) is 1. The van der Waals surface area contributed by atoms with Gasteiger partial charge in [-0.3, -0.25) is 13.9 Å². The largest absolute Gasteiger partial charge is 0.352 e. The van der Waals surface area contributed by atoms with Crippen LogP contribution in [-0.4, -0.2) is 50.0 Å². The maximum Gasteiger partial charge on any atom is 0.244 e. The number of benzene rings is 2. The molecule has 0 heterocycles. The van der Waals surface area contributed by atoms with Crippen LogP contribution in [0.1, 0.15) is 37.5 Å². The van der Waals surface area contributed by atoms with Crippen molar-refractivity contribution >= 4 is 27.5 Å². The molecule has 0 saturated heterocycles. The van der Waals surface area contributed by atoms with Gasteiger partial charge in [0.05, 0.1) is 11.9 Å². The van der Waals surface area contributed by atoms with Crippen molar-refractivity contribution in [3.05, 3.63) is 65.2 Å². The number of carbonyl (C=O) groups is 2. The van der Waals surface area contributed by atoms with Crippen LogP contribution in [0.4, 0.5) is 5.69 Å². The van der Waals surface area contributed by atoms with E-state index in [1.807, 2.05) is 52.0 Å². The molecule has 0 saturated carbocycles. The van der Waals surface area contributed by atoms with Gasteiger partial charge in [-0.15, -0.1) is 0 Å². The molecular formula is C24H33N3O4S. The van der Waals surface area contributed by atoms with E-state index in [2.05, 4.69) is 5.32 Å². The number of aryl methyl sites for hydroxylation is 2. The summed E-state index contributed by atoms with van der Waals surface area (Å²) in [5.41, 5.74) is 3.27. The van der Waals surface area contributed by atoms with Crippen molar-refractivity contribution in [1.82, 2.24) is 10.2 Å². The van der Waals surface area contributed by atoms with Crippen LogP contribution < -0.4 is 9.62 Å². The van der Waals surface area contributed by atoms with E-state index in [4.69, 9.17) is 0 Å². The van der Waals surface area contributed by atoms with Crippen molar-refractivity contribution in [2.24, 2.45) is 0 Å². The predicted octanol–water partition coefficient (Wildman–Crippen LogP) is 3.01. The third-order valence-electron chi connectivity index (χ3n) is 5.20. The summed E-state index contributed by atoms with van der Waals surface area (Å²) in [6, 6.07) is 13.7. The van der Waals surface area contributed by atoms with E-state index in [0.29, 0.717) is 5.69 Å². The summed E-state index contributed by atoms with van der Waals surface area (Å²) in [6.45, 7) is 8.99. The maximum atomic E-state index is 13.4. The molecule has 0 radical (unpaired) electrons. The highest BCUT2D eigenvalue weighted by Crippen LogP contribution is 2.20. The molecule has 2 aromatic rings. The molecule has 1 unspecified atom stereocenters. The fourth-order valence-corrected chi connectivity index (χ4v) is 4.13. The zero-order chi connectivity index (χ0) is 24.1. The number of sulfonamides is 1. The zero-order valence-electron chi connectivity index (χ0n) is 19.6. The van der Waals surface area contributed by atoms with Gasteiger partial charge in [-0.1, -0.05) is 42.0 Å². The van der Waals surface area contributed by atoms with Gasteiger partial charge in [0.15, 0.2) is 0 Å². The topological polar surface area (TPSA) is 86.8 Å². The molecule has 0 fully saturated rings. The van der Waals surface area contributed by atoms with Gasteiger partial charge in [-0.05, 0) is 57.9 Å². The molecule has 32 heavy (non-hydrogen) atoms. The van der Waals surface area contributed by atoms with Crippen LogP contribution in [0.5, 0.6) is 0 Å². The Morgan fingerprint density at radius 2 is 1.56 bits per heavy atom. The number of nitrogens with zero attached hydrogens (tertiary/aromatic N) is 2. The van der Waals surface area contributed by atoms with Crippen molar-refractivity contribution < 1.29 is 18.0 Å². The summed E-state index contributed by atoms with van der Waals surface area (Å²) in [6.07, 6.45) is 1.07. The third-order valence-corrected chi connectivity index (χ3v) is 6.34. The minimum absolute atomic E-state index is 0.0829. The zero-order valence-corrected chi connectivity index (χ0v) is 20.4. The van der Waals surface area contributed by atoms with Crippen LogP contribution in [0.2, 0.25) is 0 Å². The molecule has 1 N–H and O–H groups in total. The van der Waals surface area contributed by atoms with Crippen LogP contribution in [0.3, 0.4) is 0 Å². The smallest absolute Gasteiger partial charge is 0.244 e. The summed E-state index contributed by atoms with van der Waals surface area (Å²) < 4.78 is 26.1. The molecule has 0 aliphatic heterocycles. The van der Waals surface area contributed by atoms with Crippen molar-refractivity contribution in [3.63, 3.8) is 0 Å². The second-order valence-corrected chi connectivity index (χ2v) is 10.3. The van der Waals surface area contributed by atoms with E-state index >= 15 is 0 Å². The maximum absolute atomic E-state index is 13.4. The molecule has 2 aromatic carbocycles. The van der Waals surface area contributed by atoms with Gasteiger partial charge in [-0.2, -0.15) is 0 Å². The summed E-state index contributed by atoms with van der Waals surface area (Å²) in [5.74, 6) is -0.742. The third kappa shape index (κ3) is 6.82. The van der Waals surface area contributed by atoms with E-state index < -0.39 is 28.5 Å². The van der Waals surface area contributed by atoms with E-state index in [9.17, 15) is 18.0 Å². The Hall–Kier alpha value is -2.87. The molecular weight excluding hydrogens is 426 g/mol. The quantitative estimate of drug-likeness (QED) is 0.625. The second-order valence-electron chi connectivity index (χ2n) is 8.39. The molecule has 0 aliphatic carbocycles. The minimum Gasteiger partial charge on any atom is -0.352 e. The highest BCUT2D eigenvalue weighted by molar-refractivity contribution is 7.92. The lowest BCUT2D eigenvalue weighted by atomic mass is 10.1. The van der Waals surface area contributed by atoms with Crippen molar-refractivity contribution in [1.29, 1.82) is 0 Å². The number of hydrogen-bond donors (Lipinski definition) is 1. The Balaban J connectivity index is 2.39. The van der Waals surface area contributed by atoms with E-state index in [-0.39, 0.29) is 18.5 Å². The van der Waals surface area contributed by atoms with E-state index in [1.165, 1.54) is 4.90 Å². The number of rotatable bonds is 9. The van der Waals surface area contributed by atoms with Crippen LogP contribution in [-0.2, 0) is 26.2 Å². The second kappa shape index (κ2) is 10.6. The van der Waals surface area contributed by atoms with Gasteiger partial charge in [0.2, 0.25) is 21.8 Å². The standard InChI is InChI=1S/C24H33N3O4S/c1-17(2)25-24(29)20(5)26(15-21-10-8-7-9-19(21)4)23(28)16-27(32(6,30)31)22-13-11-18(3)12-14-22/h7-14,17,20H,15-16H2,1-6H3,(H,25,29). The molecule has 7 nitrogen and oxygen atoms in total. The SMILES string of the molecule is Cc1ccc(N(CC(=O)N(Cc2ccccc2C)C(C)C(=O)NC(C)C)S(C)(=O)=O)cc1. The molecule has 174 valence electrons. The van der Waals surface area contributed by atoms with E-state index in [0.717, 1.165) is 27.3 Å². The molecule has 8 heteroatoms. The fraction of sp³-hybridized carbons (Fsp3) is 0.417. The molecule has 1 atom stereocenters. The number of amides is 2. The van der Waals surface area contributed by atoms with Gasteiger partial charge in [-0.25, -0.2) is 8.42 Å². The summed E-state index contributed by atoms with van der Waals surface area (Å²) >= 11 is 0. The highest BCUT2D eigenvalue weighted by atomic mass is 32.2. The first-order valence-corrected chi connectivity index (χ1v) is 12.4. The Morgan fingerprint density at radius 1 is 0.969 bits per heavy atom. The Labute approximate surface area is 191 Å². The van der Waals surface area contributed by atoms with Gasteiger partial charge in [0.25, 0.3) is 0 Å². The number of hydrogen-bond acceptors (Lipinski definition) is 4. The summed E-state index contributed by atoms with van der Waals surface area (Å²) in [4.78, 5) is 27.6. The lowest BCUT2D eigenvalue weighted by Gasteiger charge is -2.32. The molecule has 0 spiro atoms. The van der Waals surface area contributed by atoms with Gasteiger partial charge in [0, 0.05) is 12.6 Å². The van der Waals surface area contributed by atoms with Crippen molar-refractivity contribution in [3.8, 4) is 0 Å². The Kier molecular flexibility index (Phi) is 8.44. The molecule has 2 amide bonds. The van der Waals surface area contributed by atoms with Gasteiger partial charge >= 0.3 is 0 Å². The van der Waals surface area contributed by atoms with Crippen LogP contribution in [0, 0.1) is 13.8 Å². The predicted molar refractivity (Wildman–Crippen MR) is 128 cm³/mol. The van der Waals surface area contributed by atoms with Crippen LogP contribution in [0.15, 0.2) is 48.5 Å². The Bertz CT molecular complexity index is 1050. The normalized spacial score (nSPS) is 12.3. The highest BCUT2D eigenvalue weighted by Gasteiger charge is 2.30. The van der Waals surface area contributed by atoms with Crippen LogP contribution >= 0.6 is 0 Å². The lowest BCUT2D eigenvalue weighted by Crippen LogP contribution is -2.52. The van der Waals surface area contributed by atoms with Crippen molar-refractivity contribution in [2.45, 2.75) is 53.2 Å². The summed E-state index contributed by atoms with van der Waals surface area (Å²) in [7, 11) is -3.72. The number of anilines is 1. The summed E-state index contributed by atoms with van der Waals surface area (Å²) in [5, 5.41) is 2.84. The molecule has 0 aliphatic rings. The van der Waals surface area contributed by atoms with Crippen LogP contribution in [0.25, 0.3) is 0 Å². The lowest BCUT2D eigenvalue weighted by molar-refractivity contribution is -0.139. The fourth-order valence-electron chi connectivity index (χ4n) is 3.28. The molecule has 0 bridgehead atoms. The number of carbonyl (C=O) groups excluding carboxylic acids is 2. The first kappa shape index (κ1) is 25.4. The average Bonchev–Trinajstić information content (AvgIpc) is 2.70.